The van der Waals surface area contributed by atoms with E-state index in [4.69, 9.17) is 21.1 Å². The van der Waals surface area contributed by atoms with Crippen LogP contribution in [0.15, 0.2) is 36.4 Å². The van der Waals surface area contributed by atoms with Crippen molar-refractivity contribution in [3.05, 3.63) is 67.6 Å². The van der Waals surface area contributed by atoms with Crippen LogP contribution in [0, 0.1) is 24.3 Å². The zero-order chi connectivity index (χ0) is 23.7. The van der Waals surface area contributed by atoms with Crippen molar-refractivity contribution in [2.24, 2.45) is 0 Å². The number of nitrogens with one attached hydrogen (secondary N) is 1. The van der Waals surface area contributed by atoms with Gasteiger partial charge in [0.2, 0.25) is 0 Å². The number of benzene rings is 2. The van der Waals surface area contributed by atoms with Crippen LogP contribution in [-0.2, 0) is 6.54 Å². The average molecular weight is 577 g/mol. The van der Waals surface area contributed by atoms with Gasteiger partial charge in [0.1, 0.15) is 11.5 Å². The second-order valence-corrected chi connectivity index (χ2v) is 9.34. The first kappa shape index (κ1) is 23.6. The number of fused-ring (bicyclic) bond motifs is 1. The average Bonchev–Trinajstić information content (AvgIpc) is 3.06. The highest BCUT2D eigenvalue weighted by Crippen LogP contribution is 2.37. The van der Waals surface area contributed by atoms with Crippen molar-refractivity contribution in [3.63, 3.8) is 0 Å². The van der Waals surface area contributed by atoms with Crippen molar-refractivity contribution < 1.29 is 9.47 Å². The number of ether oxygens (including phenoxy) is 2. The van der Waals surface area contributed by atoms with Crippen LogP contribution < -0.4 is 14.8 Å². The van der Waals surface area contributed by atoms with Crippen LogP contribution in [0.1, 0.15) is 29.6 Å². The van der Waals surface area contributed by atoms with Crippen molar-refractivity contribution >= 4 is 50.8 Å². The summed E-state index contributed by atoms with van der Waals surface area (Å²) in [6, 6.07) is 11.8. The molecule has 0 aliphatic heterocycles. The third kappa shape index (κ3) is 4.48. The number of hydrogen-bond donors (Lipinski definition) is 1. The quantitative estimate of drug-likeness (QED) is 0.251. The smallest absolute Gasteiger partial charge is 0.158 e. The fraction of sp³-hybridized carbons (Fsp3) is 0.280. The molecule has 0 amide bonds. The highest BCUT2D eigenvalue weighted by atomic mass is 127. The van der Waals surface area contributed by atoms with Crippen molar-refractivity contribution in [2.75, 3.05) is 19.0 Å². The van der Waals surface area contributed by atoms with E-state index in [1.807, 2.05) is 50.2 Å². The molecule has 0 unspecified atom stereocenters. The van der Waals surface area contributed by atoms with Gasteiger partial charge in [-0.1, -0.05) is 17.7 Å². The molecule has 172 valence electrons. The summed E-state index contributed by atoms with van der Waals surface area (Å²) in [6.45, 7) is 9.39. The lowest BCUT2D eigenvalue weighted by atomic mass is 10.1. The molecule has 1 N–H and O–H groups in total. The van der Waals surface area contributed by atoms with Gasteiger partial charge in [-0.2, -0.15) is 5.10 Å². The third-order valence-electron chi connectivity index (χ3n) is 5.71. The van der Waals surface area contributed by atoms with Gasteiger partial charge in [0.15, 0.2) is 5.82 Å². The maximum absolute atomic E-state index is 6.11. The number of aryl methyl sites for hydroxylation is 3. The van der Waals surface area contributed by atoms with E-state index in [1.54, 1.807) is 7.11 Å². The molecule has 0 radical (unpaired) electrons. The lowest BCUT2D eigenvalue weighted by molar-refractivity contribution is 0.336. The topological polar surface area (TPSA) is 61.2 Å². The van der Waals surface area contributed by atoms with Crippen molar-refractivity contribution in [3.8, 4) is 17.2 Å². The molecule has 0 bridgehead atoms. The Hall–Kier alpha value is -2.52. The minimum Gasteiger partial charge on any atom is -0.494 e. The minimum absolute atomic E-state index is 0.603. The van der Waals surface area contributed by atoms with Crippen LogP contribution >= 0.6 is 34.2 Å². The zero-order valence-corrected chi connectivity index (χ0v) is 22.2. The van der Waals surface area contributed by atoms with E-state index < -0.39 is 0 Å². The summed E-state index contributed by atoms with van der Waals surface area (Å²) in [4.78, 5) is 0. The van der Waals surface area contributed by atoms with Crippen molar-refractivity contribution in [1.29, 1.82) is 0 Å². The molecule has 33 heavy (non-hydrogen) atoms. The van der Waals surface area contributed by atoms with Crippen molar-refractivity contribution in [2.45, 2.75) is 34.2 Å². The molecule has 2 aromatic carbocycles. The second kappa shape index (κ2) is 9.77. The highest BCUT2D eigenvalue weighted by molar-refractivity contribution is 14.1. The van der Waals surface area contributed by atoms with Gasteiger partial charge in [0, 0.05) is 43.4 Å². The van der Waals surface area contributed by atoms with E-state index in [0.29, 0.717) is 13.2 Å². The molecule has 4 aromatic rings. The van der Waals surface area contributed by atoms with Crippen LogP contribution in [0.2, 0.25) is 5.02 Å². The van der Waals surface area contributed by atoms with Gasteiger partial charge in [-0.05, 0) is 80.1 Å². The SMILES string of the molecule is CCOc1ccc(-n2c(C)c3c(C)nnc(NCc4ccc(Cl)cc4I)c3c2C)c(OC)c1. The van der Waals surface area contributed by atoms with Crippen LogP contribution in [0.5, 0.6) is 11.5 Å². The Balaban J connectivity index is 1.82. The van der Waals surface area contributed by atoms with E-state index in [9.17, 15) is 0 Å². The number of hydrogen-bond acceptors (Lipinski definition) is 5. The van der Waals surface area contributed by atoms with E-state index >= 15 is 0 Å². The van der Waals surface area contributed by atoms with E-state index in [-0.39, 0.29) is 0 Å². The number of halogens is 2. The molecule has 4 rings (SSSR count). The molecular formula is C25H26ClIN4O2. The Labute approximate surface area is 212 Å². The maximum atomic E-state index is 6.11. The first-order valence-electron chi connectivity index (χ1n) is 10.7. The second-order valence-electron chi connectivity index (χ2n) is 7.75. The predicted molar refractivity (Wildman–Crippen MR) is 142 cm³/mol. The molecule has 0 atom stereocenters. The zero-order valence-electron chi connectivity index (χ0n) is 19.3. The molecule has 0 spiro atoms. The first-order chi connectivity index (χ1) is 15.8. The van der Waals surface area contributed by atoms with Crippen LogP contribution in [0.3, 0.4) is 0 Å². The number of nitrogens with zero attached hydrogens (tertiary/aromatic N) is 3. The van der Waals surface area contributed by atoms with Gasteiger partial charge in [-0.15, -0.1) is 5.10 Å². The fourth-order valence-electron chi connectivity index (χ4n) is 4.22. The van der Waals surface area contributed by atoms with E-state index in [2.05, 4.69) is 56.5 Å². The number of methoxy groups -OCH3 is 1. The first-order valence-corrected chi connectivity index (χ1v) is 12.1. The summed E-state index contributed by atoms with van der Waals surface area (Å²) in [6.07, 6.45) is 0. The van der Waals surface area contributed by atoms with E-state index in [1.165, 1.54) is 0 Å². The number of rotatable bonds is 7. The number of aromatic nitrogens is 3. The van der Waals surface area contributed by atoms with Gasteiger partial charge < -0.3 is 19.4 Å². The minimum atomic E-state index is 0.603. The van der Waals surface area contributed by atoms with Gasteiger partial charge >= 0.3 is 0 Å². The molecule has 6 nitrogen and oxygen atoms in total. The lowest BCUT2D eigenvalue weighted by Gasteiger charge is -2.15. The maximum Gasteiger partial charge on any atom is 0.158 e. The predicted octanol–water partition coefficient (Wildman–Crippen LogP) is 6.62. The molecule has 0 saturated carbocycles. The molecule has 2 heterocycles. The summed E-state index contributed by atoms with van der Waals surface area (Å²) in [5.74, 6) is 2.28. The summed E-state index contributed by atoms with van der Waals surface area (Å²) in [5, 5.41) is 15.3. The van der Waals surface area contributed by atoms with Gasteiger partial charge in [0.05, 0.1) is 25.1 Å². The van der Waals surface area contributed by atoms with Crippen LogP contribution in [0.4, 0.5) is 5.82 Å². The molecule has 0 saturated heterocycles. The molecule has 0 aliphatic carbocycles. The third-order valence-corrected chi connectivity index (χ3v) is 6.95. The molecular weight excluding hydrogens is 551 g/mol. The molecule has 0 fully saturated rings. The van der Waals surface area contributed by atoms with Crippen molar-refractivity contribution in [1.82, 2.24) is 14.8 Å². The summed E-state index contributed by atoms with van der Waals surface area (Å²) >= 11 is 8.42. The largest absolute Gasteiger partial charge is 0.494 e. The Morgan fingerprint density at radius 3 is 2.48 bits per heavy atom. The molecule has 2 aromatic heterocycles. The van der Waals surface area contributed by atoms with Gasteiger partial charge in [0.25, 0.3) is 0 Å². The Bertz CT molecular complexity index is 1340. The normalized spacial score (nSPS) is 11.1. The monoisotopic (exact) mass is 576 g/mol. The van der Waals surface area contributed by atoms with E-state index in [0.717, 1.165) is 65.0 Å². The lowest BCUT2D eigenvalue weighted by Crippen LogP contribution is -2.05. The standard InChI is InChI=1S/C25H26ClIN4O2/c1-6-33-19-9-10-21(22(12-19)32-5)31-15(3)23-14(2)29-30-25(24(23)16(31)4)28-13-17-7-8-18(26)11-20(17)27/h7-12H,6,13H2,1-5H3,(H,28,30). The Morgan fingerprint density at radius 2 is 1.79 bits per heavy atom. The Kier molecular flexibility index (Phi) is 6.99. The van der Waals surface area contributed by atoms with Crippen LogP contribution in [-0.4, -0.2) is 28.5 Å². The van der Waals surface area contributed by atoms with Crippen LogP contribution in [0.25, 0.3) is 16.5 Å². The summed E-state index contributed by atoms with van der Waals surface area (Å²) in [7, 11) is 1.68. The summed E-state index contributed by atoms with van der Waals surface area (Å²) < 4.78 is 14.7. The molecule has 0 aliphatic rings. The van der Waals surface area contributed by atoms with Gasteiger partial charge in [-0.25, -0.2) is 0 Å². The highest BCUT2D eigenvalue weighted by Gasteiger charge is 2.21. The fourth-order valence-corrected chi connectivity index (χ4v) is 5.28. The number of anilines is 1. The molecule has 8 heteroatoms. The Morgan fingerprint density at radius 1 is 1.03 bits per heavy atom. The summed E-state index contributed by atoms with van der Waals surface area (Å²) in [5.41, 5.74) is 5.14. The van der Waals surface area contributed by atoms with Gasteiger partial charge in [-0.3, -0.25) is 0 Å².